The number of carboxylic acid groups (broad SMARTS) is 1. The van der Waals surface area contributed by atoms with Crippen LogP contribution < -0.4 is 15.4 Å². The number of nitrogens with one attached hydrogen (secondary N) is 2. The number of ether oxygens (including phenoxy) is 1. The van der Waals surface area contributed by atoms with Crippen molar-refractivity contribution >= 4 is 12.0 Å². The maximum atomic E-state index is 11.6. The fraction of sp³-hybridized carbons (Fsp3) is 0.467. The zero-order chi connectivity index (χ0) is 15.7. The molecule has 116 valence electrons. The molecule has 3 N–H and O–H groups in total. The standard InChI is InChI=1S/C15H22N2O4/c1-11(3-8-14(18)19)17-15(20)16-10-9-12-4-6-13(21-2)7-5-12/h4-7,11H,3,8-10H2,1-2H3,(H,18,19)(H2,16,17,20). The molecule has 0 saturated carbocycles. The summed E-state index contributed by atoms with van der Waals surface area (Å²) in [6.07, 6.45) is 1.19. The highest BCUT2D eigenvalue weighted by molar-refractivity contribution is 5.74. The summed E-state index contributed by atoms with van der Waals surface area (Å²) in [7, 11) is 1.62. The molecule has 0 spiro atoms. The summed E-state index contributed by atoms with van der Waals surface area (Å²) in [6, 6.07) is 7.22. The predicted molar refractivity (Wildman–Crippen MR) is 79.6 cm³/mol. The zero-order valence-electron chi connectivity index (χ0n) is 12.4. The molecule has 0 bridgehead atoms. The van der Waals surface area contributed by atoms with E-state index >= 15 is 0 Å². The third-order valence-electron chi connectivity index (χ3n) is 3.03. The highest BCUT2D eigenvalue weighted by Gasteiger charge is 2.08. The Bertz CT molecular complexity index is 459. The number of benzene rings is 1. The van der Waals surface area contributed by atoms with E-state index in [9.17, 15) is 9.59 Å². The third kappa shape index (κ3) is 7.20. The minimum absolute atomic E-state index is 0.0489. The van der Waals surface area contributed by atoms with E-state index in [4.69, 9.17) is 9.84 Å². The van der Waals surface area contributed by atoms with Crippen molar-refractivity contribution in [1.82, 2.24) is 10.6 Å². The van der Waals surface area contributed by atoms with Crippen LogP contribution >= 0.6 is 0 Å². The van der Waals surface area contributed by atoms with Gasteiger partial charge >= 0.3 is 12.0 Å². The van der Waals surface area contributed by atoms with Crippen LogP contribution in [0.4, 0.5) is 4.79 Å². The smallest absolute Gasteiger partial charge is 0.315 e. The molecule has 1 aromatic carbocycles. The molecule has 0 aromatic heterocycles. The summed E-state index contributed by atoms with van der Waals surface area (Å²) >= 11 is 0. The molecule has 0 saturated heterocycles. The lowest BCUT2D eigenvalue weighted by atomic mass is 10.1. The van der Waals surface area contributed by atoms with E-state index in [2.05, 4.69) is 10.6 Å². The number of aliphatic carboxylic acids is 1. The van der Waals surface area contributed by atoms with Crippen molar-refractivity contribution in [3.05, 3.63) is 29.8 Å². The Morgan fingerprint density at radius 3 is 2.52 bits per heavy atom. The van der Waals surface area contributed by atoms with Gasteiger partial charge in [-0.05, 0) is 37.5 Å². The predicted octanol–water partition coefficient (Wildman–Crippen LogP) is 1.79. The summed E-state index contributed by atoms with van der Waals surface area (Å²) in [4.78, 5) is 22.0. The van der Waals surface area contributed by atoms with Crippen molar-refractivity contribution in [2.45, 2.75) is 32.2 Å². The summed E-state index contributed by atoms with van der Waals surface area (Å²) < 4.78 is 5.07. The molecule has 0 heterocycles. The van der Waals surface area contributed by atoms with Crippen molar-refractivity contribution in [1.29, 1.82) is 0 Å². The quantitative estimate of drug-likeness (QED) is 0.682. The fourth-order valence-corrected chi connectivity index (χ4v) is 1.80. The largest absolute Gasteiger partial charge is 0.497 e. The molecular formula is C15H22N2O4. The van der Waals surface area contributed by atoms with Crippen molar-refractivity contribution in [3.8, 4) is 5.75 Å². The van der Waals surface area contributed by atoms with Gasteiger partial charge in [-0.3, -0.25) is 4.79 Å². The van der Waals surface area contributed by atoms with Crippen LogP contribution in [-0.4, -0.2) is 36.8 Å². The molecule has 21 heavy (non-hydrogen) atoms. The molecule has 0 fully saturated rings. The number of carbonyl (C=O) groups is 2. The van der Waals surface area contributed by atoms with Crippen molar-refractivity contribution in [2.24, 2.45) is 0 Å². The number of amides is 2. The second kappa shape index (κ2) is 8.84. The van der Waals surface area contributed by atoms with Crippen molar-refractivity contribution < 1.29 is 19.4 Å². The van der Waals surface area contributed by atoms with Crippen molar-refractivity contribution in [2.75, 3.05) is 13.7 Å². The second-order valence-electron chi connectivity index (χ2n) is 4.83. The van der Waals surface area contributed by atoms with Gasteiger partial charge in [0.05, 0.1) is 7.11 Å². The van der Waals surface area contributed by atoms with Gasteiger partial charge in [0.2, 0.25) is 0 Å². The maximum absolute atomic E-state index is 11.6. The number of hydrogen-bond acceptors (Lipinski definition) is 3. The molecule has 0 aliphatic carbocycles. The van der Waals surface area contributed by atoms with Gasteiger partial charge in [-0.1, -0.05) is 12.1 Å². The summed E-state index contributed by atoms with van der Waals surface area (Å²) in [6.45, 7) is 2.30. The van der Waals surface area contributed by atoms with Gasteiger partial charge in [-0.2, -0.15) is 0 Å². The number of urea groups is 1. The molecule has 6 nitrogen and oxygen atoms in total. The average molecular weight is 294 g/mol. The van der Waals surface area contributed by atoms with Crippen LogP contribution in [0.5, 0.6) is 5.75 Å². The zero-order valence-corrected chi connectivity index (χ0v) is 12.4. The van der Waals surface area contributed by atoms with Crippen LogP contribution in [0, 0.1) is 0 Å². The van der Waals surface area contributed by atoms with E-state index in [1.54, 1.807) is 14.0 Å². The molecule has 0 aliphatic rings. The number of rotatable bonds is 8. The number of carbonyl (C=O) groups excluding carboxylic acids is 1. The van der Waals surface area contributed by atoms with Crippen LogP contribution in [0.1, 0.15) is 25.3 Å². The van der Waals surface area contributed by atoms with Crippen LogP contribution in [0.15, 0.2) is 24.3 Å². The SMILES string of the molecule is COc1ccc(CCNC(=O)NC(C)CCC(=O)O)cc1. The van der Waals surface area contributed by atoms with Crippen LogP contribution in [0.2, 0.25) is 0 Å². The Hall–Kier alpha value is -2.24. The van der Waals surface area contributed by atoms with Gasteiger partial charge in [0.25, 0.3) is 0 Å². The van der Waals surface area contributed by atoms with Gasteiger partial charge in [0, 0.05) is 19.0 Å². The summed E-state index contributed by atoms with van der Waals surface area (Å²) in [5, 5.41) is 14.0. The van der Waals surface area contributed by atoms with Gasteiger partial charge in [0.1, 0.15) is 5.75 Å². The summed E-state index contributed by atoms with van der Waals surface area (Å²) in [5.74, 6) is -0.0553. The van der Waals surface area contributed by atoms with E-state index in [1.165, 1.54) is 0 Å². The maximum Gasteiger partial charge on any atom is 0.315 e. The first-order valence-electron chi connectivity index (χ1n) is 6.90. The second-order valence-corrected chi connectivity index (χ2v) is 4.83. The minimum Gasteiger partial charge on any atom is -0.497 e. The Morgan fingerprint density at radius 2 is 1.95 bits per heavy atom. The molecule has 1 rings (SSSR count). The van der Waals surface area contributed by atoms with Crippen molar-refractivity contribution in [3.63, 3.8) is 0 Å². The van der Waals surface area contributed by atoms with Crippen LogP contribution in [-0.2, 0) is 11.2 Å². The first kappa shape index (κ1) is 16.8. The number of methoxy groups -OCH3 is 1. The molecule has 1 aromatic rings. The lowest BCUT2D eigenvalue weighted by Crippen LogP contribution is -2.41. The molecule has 0 aliphatic heterocycles. The number of hydrogen-bond donors (Lipinski definition) is 3. The Morgan fingerprint density at radius 1 is 1.29 bits per heavy atom. The van der Waals surface area contributed by atoms with Gasteiger partial charge in [0.15, 0.2) is 0 Å². The summed E-state index contributed by atoms with van der Waals surface area (Å²) in [5.41, 5.74) is 1.11. The van der Waals surface area contributed by atoms with Crippen LogP contribution in [0.3, 0.4) is 0 Å². The van der Waals surface area contributed by atoms with Gasteiger partial charge in [-0.15, -0.1) is 0 Å². The lowest BCUT2D eigenvalue weighted by molar-refractivity contribution is -0.137. The molecule has 1 atom stereocenters. The highest BCUT2D eigenvalue weighted by atomic mass is 16.5. The minimum atomic E-state index is -0.858. The molecule has 1 unspecified atom stereocenters. The normalized spacial score (nSPS) is 11.5. The highest BCUT2D eigenvalue weighted by Crippen LogP contribution is 2.11. The fourth-order valence-electron chi connectivity index (χ4n) is 1.80. The van der Waals surface area contributed by atoms with Gasteiger partial charge in [-0.25, -0.2) is 4.79 Å². The monoisotopic (exact) mass is 294 g/mol. The first-order valence-corrected chi connectivity index (χ1v) is 6.90. The Balaban J connectivity index is 2.21. The van der Waals surface area contributed by atoms with Crippen LogP contribution in [0.25, 0.3) is 0 Å². The molecule has 0 radical (unpaired) electrons. The molecule has 6 heteroatoms. The third-order valence-corrected chi connectivity index (χ3v) is 3.03. The van der Waals surface area contributed by atoms with E-state index < -0.39 is 5.97 Å². The Kier molecular flexibility index (Phi) is 7.08. The van der Waals surface area contributed by atoms with E-state index in [1.807, 2.05) is 24.3 Å². The Labute approximate surface area is 124 Å². The average Bonchev–Trinajstić information content (AvgIpc) is 2.46. The van der Waals surface area contributed by atoms with E-state index in [0.29, 0.717) is 13.0 Å². The van der Waals surface area contributed by atoms with Gasteiger partial charge < -0.3 is 20.5 Å². The van der Waals surface area contributed by atoms with E-state index in [0.717, 1.165) is 17.7 Å². The first-order chi connectivity index (χ1) is 10.0. The topological polar surface area (TPSA) is 87.7 Å². The molecular weight excluding hydrogens is 272 g/mol. The number of carboxylic acids is 1. The molecule has 2 amide bonds. The van der Waals surface area contributed by atoms with E-state index in [-0.39, 0.29) is 18.5 Å². The lowest BCUT2D eigenvalue weighted by Gasteiger charge is -2.13.